The Hall–Kier alpha value is -1.37. The molecule has 1 aromatic rings. The van der Waals surface area contributed by atoms with E-state index in [1.165, 1.54) is 7.05 Å². The van der Waals surface area contributed by atoms with Crippen molar-refractivity contribution in [2.75, 3.05) is 0 Å². The maximum absolute atomic E-state index is 12.3. The SMILES string of the molecule is Cn1nc(C#N)cc1F. The molecule has 0 fully saturated rings. The molecule has 0 aromatic carbocycles. The van der Waals surface area contributed by atoms with Gasteiger partial charge in [0.1, 0.15) is 6.07 Å². The van der Waals surface area contributed by atoms with Crippen LogP contribution < -0.4 is 0 Å². The highest BCUT2D eigenvalue weighted by Gasteiger charge is 2.00. The summed E-state index contributed by atoms with van der Waals surface area (Å²) in [5.41, 5.74) is 0.106. The van der Waals surface area contributed by atoms with E-state index in [0.29, 0.717) is 0 Å². The third kappa shape index (κ3) is 0.891. The molecule has 1 aromatic heterocycles. The Bertz CT molecular complexity index is 238. The summed E-state index contributed by atoms with van der Waals surface area (Å²) < 4.78 is 13.3. The van der Waals surface area contributed by atoms with Crippen molar-refractivity contribution in [2.45, 2.75) is 0 Å². The van der Waals surface area contributed by atoms with Crippen LogP contribution in [0.25, 0.3) is 0 Å². The molecular formula is C5H4FN3. The minimum absolute atomic E-state index is 0.106. The smallest absolute Gasteiger partial charge is 0.212 e. The van der Waals surface area contributed by atoms with Gasteiger partial charge in [-0.3, -0.25) is 0 Å². The maximum atomic E-state index is 12.3. The molecule has 0 aliphatic rings. The van der Waals surface area contributed by atoms with Crippen molar-refractivity contribution < 1.29 is 4.39 Å². The molecule has 1 rings (SSSR count). The number of rotatable bonds is 0. The van der Waals surface area contributed by atoms with Crippen molar-refractivity contribution in [3.05, 3.63) is 17.7 Å². The van der Waals surface area contributed by atoms with Crippen LogP contribution in [0.3, 0.4) is 0 Å². The number of nitriles is 1. The number of aryl methyl sites for hydroxylation is 1. The third-order valence-corrected chi connectivity index (χ3v) is 0.937. The summed E-state index contributed by atoms with van der Waals surface area (Å²) in [5.74, 6) is -0.494. The molecule has 0 amide bonds. The number of hydrogen-bond acceptors (Lipinski definition) is 2. The molecule has 1 heterocycles. The lowest BCUT2D eigenvalue weighted by molar-refractivity contribution is 0.503. The molecule has 0 aliphatic heterocycles. The summed E-state index contributed by atoms with van der Waals surface area (Å²) in [6, 6.07) is 2.80. The molecule has 0 saturated carbocycles. The molecule has 46 valence electrons. The topological polar surface area (TPSA) is 41.6 Å². The van der Waals surface area contributed by atoms with Gasteiger partial charge in [0.2, 0.25) is 5.95 Å². The van der Waals surface area contributed by atoms with Gasteiger partial charge in [-0.15, -0.1) is 0 Å². The van der Waals surface area contributed by atoms with Crippen LogP contribution >= 0.6 is 0 Å². The van der Waals surface area contributed by atoms with Crippen molar-refractivity contribution in [2.24, 2.45) is 7.05 Å². The normalized spacial score (nSPS) is 9.00. The average Bonchev–Trinajstić information content (AvgIpc) is 2.13. The first kappa shape index (κ1) is 5.76. The largest absolute Gasteiger partial charge is 0.241 e. The molecule has 0 bridgehead atoms. The fourth-order valence-corrected chi connectivity index (χ4v) is 0.499. The van der Waals surface area contributed by atoms with E-state index in [4.69, 9.17) is 5.26 Å². The lowest BCUT2D eigenvalue weighted by Gasteiger charge is -1.83. The van der Waals surface area contributed by atoms with Gasteiger partial charge in [-0.05, 0) is 0 Å². The highest BCUT2D eigenvalue weighted by Crippen LogP contribution is 1.97. The first-order valence-corrected chi connectivity index (χ1v) is 2.33. The molecule has 0 unspecified atom stereocenters. The van der Waals surface area contributed by atoms with Crippen LogP contribution in [0.5, 0.6) is 0 Å². The quantitative estimate of drug-likeness (QED) is 0.504. The van der Waals surface area contributed by atoms with Gasteiger partial charge in [-0.1, -0.05) is 0 Å². The van der Waals surface area contributed by atoms with Gasteiger partial charge in [0.25, 0.3) is 0 Å². The van der Waals surface area contributed by atoms with Crippen LogP contribution in [-0.2, 0) is 7.05 Å². The Morgan fingerprint density at radius 1 is 1.89 bits per heavy atom. The van der Waals surface area contributed by atoms with Gasteiger partial charge < -0.3 is 0 Å². The summed E-state index contributed by atoms with van der Waals surface area (Å²) in [4.78, 5) is 0. The zero-order valence-electron chi connectivity index (χ0n) is 4.80. The number of nitrogens with zero attached hydrogens (tertiary/aromatic N) is 3. The lowest BCUT2D eigenvalue weighted by Crippen LogP contribution is -1.92. The van der Waals surface area contributed by atoms with E-state index in [-0.39, 0.29) is 5.69 Å². The van der Waals surface area contributed by atoms with Crippen molar-refractivity contribution in [3.63, 3.8) is 0 Å². The van der Waals surface area contributed by atoms with E-state index in [2.05, 4.69) is 5.10 Å². The Balaban J connectivity index is 3.16. The number of halogens is 1. The monoisotopic (exact) mass is 125 g/mol. The van der Waals surface area contributed by atoms with Gasteiger partial charge in [-0.2, -0.15) is 14.8 Å². The average molecular weight is 125 g/mol. The standard InChI is InChI=1S/C5H4FN3/c1-9-5(6)2-4(3-7)8-9/h2H,1H3. The zero-order chi connectivity index (χ0) is 6.85. The molecule has 0 radical (unpaired) electrons. The number of aromatic nitrogens is 2. The molecule has 4 heteroatoms. The lowest BCUT2D eigenvalue weighted by atomic mass is 10.5. The van der Waals surface area contributed by atoms with Crippen LogP contribution in [0, 0.1) is 17.3 Å². The fourth-order valence-electron chi connectivity index (χ4n) is 0.499. The fraction of sp³-hybridized carbons (Fsp3) is 0.200. The molecule has 0 saturated heterocycles. The van der Waals surface area contributed by atoms with Crippen molar-refractivity contribution in [1.29, 1.82) is 5.26 Å². The van der Waals surface area contributed by atoms with E-state index >= 15 is 0 Å². The second-order valence-corrected chi connectivity index (χ2v) is 1.59. The molecule has 0 spiro atoms. The van der Waals surface area contributed by atoms with Crippen LogP contribution in [-0.4, -0.2) is 9.78 Å². The highest BCUT2D eigenvalue weighted by molar-refractivity contribution is 5.17. The minimum atomic E-state index is -0.494. The molecule has 0 N–H and O–H groups in total. The summed E-state index contributed by atoms with van der Waals surface area (Å²) >= 11 is 0. The van der Waals surface area contributed by atoms with E-state index < -0.39 is 5.95 Å². The van der Waals surface area contributed by atoms with Gasteiger partial charge in [0.15, 0.2) is 5.69 Å². The van der Waals surface area contributed by atoms with Gasteiger partial charge in [0, 0.05) is 13.1 Å². The van der Waals surface area contributed by atoms with E-state index in [1.54, 1.807) is 6.07 Å². The van der Waals surface area contributed by atoms with Crippen molar-refractivity contribution >= 4 is 0 Å². The van der Waals surface area contributed by atoms with Crippen molar-refractivity contribution in [3.8, 4) is 6.07 Å². The highest BCUT2D eigenvalue weighted by atomic mass is 19.1. The Morgan fingerprint density at radius 3 is 2.78 bits per heavy atom. The van der Waals surface area contributed by atoms with Crippen LogP contribution in [0.1, 0.15) is 5.69 Å². The summed E-state index contributed by atoms with van der Waals surface area (Å²) in [6.07, 6.45) is 0. The molecule has 0 atom stereocenters. The van der Waals surface area contributed by atoms with Gasteiger partial charge in [-0.25, -0.2) is 4.68 Å². The van der Waals surface area contributed by atoms with Crippen LogP contribution in [0.2, 0.25) is 0 Å². The molecule has 0 aliphatic carbocycles. The summed E-state index contributed by atoms with van der Waals surface area (Å²) in [7, 11) is 1.44. The van der Waals surface area contributed by atoms with E-state index in [9.17, 15) is 4.39 Å². The summed E-state index contributed by atoms with van der Waals surface area (Å²) in [5, 5.41) is 11.7. The second-order valence-electron chi connectivity index (χ2n) is 1.59. The Labute approximate surface area is 51.3 Å². The Kier molecular flexibility index (Phi) is 1.19. The second kappa shape index (κ2) is 1.86. The zero-order valence-corrected chi connectivity index (χ0v) is 4.80. The maximum Gasteiger partial charge on any atom is 0.212 e. The Morgan fingerprint density at radius 2 is 2.56 bits per heavy atom. The third-order valence-electron chi connectivity index (χ3n) is 0.937. The predicted octanol–water partition coefficient (Wildman–Crippen LogP) is 0.431. The van der Waals surface area contributed by atoms with Crippen LogP contribution in [0.4, 0.5) is 4.39 Å². The first-order chi connectivity index (χ1) is 4.24. The van der Waals surface area contributed by atoms with Crippen LogP contribution in [0.15, 0.2) is 6.07 Å². The van der Waals surface area contributed by atoms with E-state index in [0.717, 1.165) is 10.7 Å². The van der Waals surface area contributed by atoms with Gasteiger partial charge in [0.05, 0.1) is 0 Å². The summed E-state index contributed by atoms with van der Waals surface area (Å²) in [6.45, 7) is 0. The molecular weight excluding hydrogens is 121 g/mol. The minimum Gasteiger partial charge on any atom is -0.241 e. The van der Waals surface area contributed by atoms with Crippen molar-refractivity contribution in [1.82, 2.24) is 9.78 Å². The predicted molar refractivity (Wildman–Crippen MR) is 27.9 cm³/mol. The molecule has 9 heavy (non-hydrogen) atoms. The van der Waals surface area contributed by atoms with E-state index in [1.807, 2.05) is 0 Å². The first-order valence-electron chi connectivity index (χ1n) is 2.33. The number of hydrogen-bond donors (Lipinski definition) is 0. The molecule has 3 nitrogen and oxygen atoms in total. The van der Waals surface area contributed by atoms with Gasteiger partial charge >= 0.3 is 0 Å².